The molecule has 126 valence electrons. The Bertz CT molecular complexity index is 518. The molecule has 0 unspecified atom stereocenters. The van der Waals surface area contributed by atoms with Gasteiger partial charge in [-0.3, -0.25) is 4.90 Å². The maximum absolute atomic E-state index is 12.3. The summed E-state index contributed by atoms with van der Waals surface area (Å²) in [7, 11) is 0. The van der Waals surface area contributed by atoms with Crippen LogP contribution in [0.25, 0.3) is 0 Å². The minimum Gasteiger partial charge on any atom is -0.379 e. The molecule has 0 radical (unpaired) electrons. The van der Waals surface area contributed by atoms with Crippen LogP contribution in [0.15, 0.2) is 24.3 Å². The lowest BCUT2D eigenvalue weighted by Gasteiger charge is -2.36. The van der Waals surface area contributed by atoms with Gasteiger partial charge in [0.15, 0.2) is 0 Å². The molecule has 2 aliphatic rings. The highest BCUT2D eigenvalue weighted by Gasteiger charge is 2.26. The average Bonchev–Trinajstić information content (AvgIpc) is 2.96. The number of morpholine rings is 1. The summed E-state index contributed by atoms with van der Waals surface area (Å²) in [6.07, 6.45) is 1.86. The van der Waals surface area contributed by atoms with Crippen molar-refractivity contribution in [3.63, 3.8) is 0 Å². The van der Waals surface area contributed by atoms with E-state index in [1.54, 1.807) is 0 Å². The van der Waals surface area contributed by atoms with E-state index in [1.165, 1.54) is 11.1 Å². The minimum atomic E-state index is -0.0598. The van der Waals surface area contributed by atoms with Crippen molar-refractivity contribution >= 4 is 6.03 Å². The van der Waals surface area contributed by atoms with Crippen molar-refractivity contribution in [1.29, 1.82) is 0 Å². The lowest BCUT2D eigenvalue weighted by molar-refractivity contribution is 0.0144. The lowest BCUT2D eigenvalue weighted by Crippen LogP contribution is -2.54. The van der Waals surface area contributed by atoms with Gasteiger partial charge in [-0.2, -0.15) is 0 Å². The first kappa shape index (κ1) is 16.3. The first-order chi connectivity index (χ1) is 11.1. The Kier molecular flexibility index (Phi) is 5.18. The summed E-state index contributed by atoms with van der Waals surface area (Å²) < 4.78 is 5.39. The van der Waals surface area contributed by atoms with E-state index in [9.17, 15) is 4.79 Å². The van der Waals surface area contributed by atoms with Crippen LogP contribution in [0.2, 0.25) is 0 Å². The normalized spacial score (nSPS) is 21.5. The van der Waals surface area contributed by atoms with E-state index >= 15 is 0 Å². The van der Waals surface area contributed by atoms with Gasteiger partial charge in [-0.1, -0.05) is 24.3 Å². The summed E-state index contributed by atoms with van der Waals surface area (Å²) in [4.78, 5) is 14.7. The fourth-order valence-electron chi connectivity index (χ4n) is 3.52. The predicted octanol–water partition coefficient (Wildman–Crippen LogP) is 1.56. The Labute approximate surface area is 138 Å². The van der Waals surface area contributed by atoms with E-state index in [0.29, 0.717) is 6.04 Å². The molecule has 2 N–H and O–H groups in total. The molecule has 1 aliphatic heterocycles. The van der Waals surface area contributed by atoms with Crippen LogP contribution in [-0.4, -0.2) is 55.4 Å². The molecular weight excluding hydrogens is 290 g/mol. The van der Waals surface area contributed by atoms with Crippen molar-refractivity contribution in [1.82, 2.24) is 15.5 Å². The highest BCUT2D eigenvalue weighted by Crippen LogP contribution is 2.21. The molecule has 0 spiro atoms. The summed E-state index contributed by atoms with van der Waals surface area (Å²) in [6.45, 7) is 7.68. The third kappa shape index (κ3) is 4.03. The number of ether oxygens (including phenoxy) is 1. The summed E-state index contributed by atoms with van der Waals surface area (Å²) in [5.74, 6) is 0. The third-order valence-electron chi connectivity index (χ3n) is 5.09. The van der Waals surface area contributed by atoms with Crippen molar-refractivity contribution in [3.05, 3.63) is 35.4 Å². The zero-order valence-electron chi connectivity index (χ0n) is 14.0. The van der Waals surface area contributed by atoms with Gasteiger partial charge in [-0.25, -0.2) is 4.79 Å². The summed E-state index contributed by atoms with van der Waals surface area (Å²) in [6, 6.07) is 8.99. The molecule has 0 saturated carbocycles. The fourth-order valence-corrected chi connectivity index (χ4v) is 3.52. The van der Waals surface area contributed by atoms with E-state index in [4.69, 9.17) is 4.74 Å². The molecule has 1 aromatic carbocycles. The number of nitrogens with zero attached hydrogens (tertiary/aromatic N) is 1. The molecule has 0 bridgehead atoms. The van der Waals surface area contributed by atoms with Crippen LogP contribution < -0.4 is 10.6 Å². The molecule has 5 heteroatoms. The Morgan fingerprint density at radius 3 is 2.39 bits per heavy atom. The minimum absolute atomic E-state index is 0.0598. The monoisotopic (exact) mass is 317 g/mol. The lowest BCUT2D eigenvalue weighted by atomic mass is 10.1. The van der Waals surface area contributed by atoms with Crippen LogP contribution >= 0.6 is 0 Å². The van der Waals surface area contributed by atoms with Gasteiger partial charge in [0, 0.05) is 31.2 Å². The maximum Gasteiger partial charge on any atom is 0.315 e. The number of benzene rings is 1. The number of fused-ring (bicyclic) bond motifs is 1. The second-order valence-electron chi connectivity index (χ2n) is 6.67. The second kappa shape index (κ2) is 7.32. The van der Waals surface area contributed by atoms with Crippen LogP contribution in [-0.2, 0) is 17.6 Å². The third-order valence-corrected chi connectivity index (χ3v) is 5.09. The van der Waals surface area contributed by atoms with Crippen LogP contribution in [0.5, 0.6) is 0 Å². The number of carbonyl (C=O) groups is 1. The van der Waals surface area contributed by atoms with E-state index in [0.717, 1.165) is 39.1 Å². The molecule has 1 aliphatic carbocycles. The molecule has 3 rings (SSSR count). The highest BCUT2D eigenvalue weighted by molar-refractivity contribution is 5.74. The van der Waals surface area contributed by atoms with Crippen LogP contribution in [0.1, 0.15) is 25.0 Å². The average molecular weight is 317 g/mol. The van der Waals surface area contributed by atoms with Gasteiger partial charge < -0.3 is 15.4 Å². The molecule has 1 heterocycles. The quantitative estimate of drug-likeness (QED) is 0.886. The van der Waals surface area contributed by atoms with E-state index in [2.05, 4.69) is 53.6 Å². The first-order valence-electron chi connectivity index (χ1n) is 8.59. The Hall–Kier alpha value is -1.59. The molecule has 5 nitrogen and oxygen atoms in total. The van der Waals surface area contributed by atoms with Gasteiger partial charge in [0.25, 0.3) is 0 Å². The molecule has 2 amide bonds. The number of urea groups is 1. The standard InChI is InChI=1S/C18H27N3O2/c1-13(14(2)21-7-9-23-10-8-21)19-18(22)20-17-11-15-5-3-4-6-16(15)12-17/h3-6,13-14,17H,7-12H2,1-2H3,(H2,19,20,22)/t13-,14-/m0/s1. The van der Waals surface area contributed by atoms with E-state index in [-0.39, 0.29) is 18.1 Å². The van der Waals surface area contributed by atoms with Crippen LogP contribution in [0, 0.1) is 0 Å². The van der Waals surface area contributed by atoms with Gasteiger partial charge in [0.2, 0.25) is 0 Å². The molecule has 1 fully saturated rings. The molecule has 1 aromatic rings. The van der Waals surface area contributed by atoms with Crippen LogP contribution in [0.3, 0.4) is 0 Å². The Morgan fingerprint density at radius 1 is 1.17 bits per heavy atom. The van der Waals surface area contributed by atoms with Crippen LogP contribution in [0.4, 0.5) is 4.79 Å². The summed E-state index contributed by atoms with van der Waals surface area (Å²) in [5.41, 5.74) is 2.71. The molecule has 1 saturated heterocycles. The maximum atomic E-state index is 12.3. The fraction of sp³-hybridized carbons (Fsp3) is 0.611. The first-order valence-corrected chi connectivity index (χ1v) is 8.59. The van der Waals surface area contributed by atoms with Crippen molar-refractivity contribution in [2.45, 2.75) is 44.8 Å². The topological polar surface area (TPSA) is 53.6 Å². The zero-order chi connectivity index (χ0) is 16.2. The molecule has 0 aromatic heterocycles. The largest absolute Gasteiger partial charge is 0.379 e. The zero-order valence-corrected chi connectivity index (χ0v) is 14.0. The number of carbonyl (C=O) groups excluding carboxylic acids is 1. The number of nitrogens with one attached hydrogen (secondary N) is 2. The van der Waals surface area contributed by atoms with Crippen molar-refractivity contribution in [2.24, 2.45) is 0 Å². The summed E-state index contributed by atoms with van der Waals surface area (Å²) in [5, 5.41) is 6.22. The van der Waals surface area contributed by atoms with Crippen molar-refractivity contribution in [2.75, 3.05) is 26.3 Å². The predicted molar refractivity (Wildman–Crippen MR) is 90.6 cm³/mol. The number of amides is 2. The van der Waals surface area contributed by atoms with Gasteiger partial charge >= 0.3 is 6.03 Å². The Morgan fingerprint density at radius 2 is 1.78 bits per heavy atom. The SMILES string of the molecule is C[C@H](NC(=O)NC1Cc2ccccc2C1)[C@H](C)N1CCOCC1. The highest BCUT2D eigenvalue weighted by atomic mass is 16.5. The van der Waals surface area contributed by atoms with Gasteiger partial charge in [-0.05, 0) is 37.8 Å². The van der Waals surface area contributed by atoms with Crippen molar-refractivity contribution in [3.8, 4) is 0 Å². The van der Waals surface area contributed by atoms with Gasteiger partial charge in [0.05, 0.1) is 13.2 Å². The van der Waals surface area contributed by atoms with E-state index < -0.39 is 0 Å². The van der Waals surface area contributed by atoms with Gasteiger partial charge in [0.1, 0.15) is 0 Å². The Balaban J connectivity index is 1.46. The molecule has 2 atom stereocenters. The number of hydrogen-bond donors (Lipinski definition) is 2. The summed E-state index contributed by atoms with van der Waals surface area (Å²) >= 11 is 0. The number of hydrogen-bond acceptors (Lipinski definition) is 3. The van der Waals surface area contributed by atoms with E-state index in [1.807, 2.05) is 0 Å². The smallest absolute Gasteiger partial charge is 0.315 e. The van der Waals surface area contributed by atoms with Crippen molar-refractivity contribution < 1.29 is 9.53 Å². The molecular formula is C18H27N3O2. The van der Waals surface area contributed by atoms with Gasteiger partial charge in [-0.15, -0.1) is 0 Å². The number of rotatable bonds is 4. The molecule has 23 heavy (non-hydrogen) atoms. The second-order valence-corrected chi connectivity index (χ2v) is 6.67.